The molecule has 10 heavy (non-hydrogen) atoms. The highest BCUT2D eigenvalue weighted by Gasteiger charge is 1.94. The van der Waals surface area contributed by atoms with Crippen LogP contribution in [0.3, 0.4) is 0 Å². The molecule has 1 amide bonds. The van der Waals surface area contributed by atoms with Gasteiger partial charge in [0, 0.05) is 13.1 Å². The molecule has 0 spiro atoms. The number of carbonyl (C=O) groups is 1. The summed E-state index contributed by atoms with van der Waals surface area (Å²) in [7, 11) is 0. The van der Waals surface area contributed by atoms with Crippen molar-refractivity contribution in [3.05, 3.63) is 0 Å². The van der Waals surface area contributed by atoms with Crippen LogP contribution in [0.2, 0.25) is 0 Å². The average molecular weight is 143 g/mol. The van der Waals surface area contributed by atoms with Gasteiger partial charge in [-0.25, -0.2) is 4.79 Å². The Labute approximate surface area is 58.3 Å². The second-order valence-electron chi connectivity index (χ2n) is 1.56. The average Bonchev–Trinajstić information content (AvgIpc) is 1.89. The Morgan fingerprint density at radius 1 is 1.70 bits per heavy atom. The van der Waals surface area contributed by atoms with E-state index in [2.05, 4.69) is 10.3 Å². The van der Waals surface area contributed by atoms with E-state index in [1.807, 2.05) is 0 Å². The molecule has 56 valence electrons. The van der Waals surface area contributed by atoms with E-state index in [0.29, 0.717) is 13.1 Å². The topological polar surface area (TPSA) is 84.5 Å². The van der Waals surface area contributed by atoms with Gasteiger partial charge in [0.2, 0.25) is 6.08 Å². The van der Waals surface area contributed by atoms with Crippen molar-refractivity contribution in [3.8, 4) is 0 Å². The molecule has 0 fully saturated rings. The molecular weight excluding hydrogens is 134 g/mol. The van der Waals surface area contributed by atoms with Gasteiger partial charge >= 0.3 is 0 Å². The zero-order valence-corrected chi connectivity index (χ0v) is 5.46. The van der Waals surface area contributed by atoms with Gasteiger partial charge < -0.3 is 11.1 Å². The quantitative estimate of drug-likeness (QED) is 0.282. The predicted molar refractivity (Wildman–Crippen MR) is 35.1 cm³/mol. The summed E-state index contributed by atoms with van der Waals surface area (Å²) in [6.45, 7) is 1.05. The number of isocyanates is 1. The van der Waals surface area contributed by atoms with Crippen LogP contribution in [0.15, 0.2) is 4.99 Å². The van der Waals surface area contributed by atoms with Crippen molar-refractivity contribution in [1.29, 1.82) is 0 Å². The SMILES string of the molecule is NCCNCC(=O)N=C=O. The monoisotopic (exact) mass is 143 g/mol. The maximum absolute atomic E-state index is 10.4. The van der Waals surface area contributed by atoms with E-state index in [9.17, 15) is 9.59 Å². The zero-order chi connectivity index (χ0) is 7.82. The molecule has 0 saturated carbocycles. The summed E-state index contributed by atoms with van der Waals surface area (Å²) in [5, 5.41) is 2.67. The predicted octanol–water partition coefficient (Wildman–Crippen LogP) is -1.60. The molecule has 0 rings (SSSR count). The minimum absolute atomic E-state index is 0.0481. The summed E-state index contributed by atoms with van der Waals surface area (Å²) < 4.78 is 0. The number of nitrogens with two attached hydrogens (primary N) is 1. The maximum atomic E-state index is 10.4. The molecule has 5 heteroatoms. The first-order valence-electron chi connectivity index (χ1n) is 2.82. The standard InChI is InChI=1S/C5H9N3O2/c6-1-2-7-3-5(10)8-4-9/h7H,1-3,6H2. The molecule has 0 aliphatic carbocycles. The van der Waals surface area contributed by atoms with Crippen LogP contribution in [-0.2, 0) is 9.59 Å². The fraction of sp³-hybridized carbons (Fsp3) is 0.600. The van der Waals surface area contributed by atoms with Gasteiger partial charge in [-0.1, -0.05) is 0 Å². The third kappa shape index (κ3) is 5.11. The van der Waals surface area contributed by atoms with Crippen LogP contribution < -0.4 is 11.1 Å². The Morgan fingerprint density at radius 3 is 2.90 bits per heavy atom. The minimum Gasteiger partial charge on any atom is -0.329 e. The first-order valence-corrected chi connectivity index (χ1v) is 2.82. The first-order chi connectivity index (χ1) is 4.81. The summed E-state index contributed by atoms with van der Waals surface area (Å²) >= 11 is 0. The van der Waals surface area contributed by atoms with Gasteiger partial charge in [-0.05, 0) is 0 Å². The van der Waals surface area contributed by atoms with Crippen LogP contribution >= 0.6 is 0 Å². The van der Waals surface area contributed by atoms with Crippen LogP contribution in [0.1, 0.15) is 0 Å². The van der Waals surface area contributed by atoms with Crippen molar-refractivity contribution in [2.24, 2.45) is 10.7 Å². The summed E-state index contributed by atoms with van der Waals surface area (Å²) in [5.74, 6) is -0.525. The van der Waals surface area contributed by atoms with Crippen molar-refractivity contribution < 1.29 is 9.59 Å². The van der Waals surface area contributed by atoms with E-state index < -0.39 is 5.91 Å². The molecule has 0 aromatic carbocycles. The maximum Gasteiger partial charge on any atom is 0.270 e. The van der Waals surface area contributed by atoms with E-state index in [1.165, 1.54) is 0 Å². The molecule has 0 atom stereocenters. The Bertz CT molecular complexity index is 151. The molecule has 0 unspecified atom stereocenters. The van der Waals surface area contributed by atoms with Crippen LogP contribution in [-0.4, -0.2) is 31.6 Å². The highest BCUT2D eigenvalue weighted by Crippen LogP contribution is 1.67. The van der Waals surface area contributed by atoms with Gasteiger partial charge in [-0.2, -0.15) is 0 Å². The first kappa shape index (κ1) is 8.97. The fourth-order valence-electron chi connectivity index (χ4n) is 0.388. The van der Waals surface area contributed by atoms with Gasteiger partial charge in [0.25, 0.3) is 5.91 Å². The minimum atomic E-state index is -0.525. The van der Waals surface area contributed by atoms with E-state index in [-0.39, 0.29) is 6.54 Å². The number of nitrogens with one attached hydrogen (secondary N) is 1. The second-order valence-corrected chi connectivity index (χ2v) is 1.56. The summed E-state index contributed by atoms with van der Waals surface area (Å²) in [6, 6.07) is 0. The van der Waals surface area contributed by atoms with Gasteiger partial charge in [0.15, 0.2) is 0 Å². The molecule has 5 nitrogen and oxygen atoms in total. The van der Waals surface area contributed by atoms with Crippen LogP contribution in [0.4, 0.5) is 0 Å². The number of hydrogen-bond acceptors (Lipinski definition) is 4. The summed E-state index contributed by atoms with van der Waals surface area (Å²) in [6.07, 6.45) is 1.15. The van der Waals surface area contributed by atoms with Gasteiger partial charge in [-0.15, -0.1) is 4.99 Å². The molecule has 0 bridgehead atoms. The molecule has 0 saturated heterocycles. The number of amides is 1. The highest BCUT2D eigenvalue weighted by molar-refractivity contribution is 5.83. The Hall–Kier alpha value is -1.03. The lowest BCUT2D eigenvalue weighted by Gasteiger charge is -1.94. The van der Waals surface area contributed by atoms with E-state index in [4.69, 9.17) is 5.73 Å². The zero-order valence-electron chi connectivity index (χ0n) is 5.46. The molecule has 0 heterocycles. The van der Waals surface area contributed by atoms with Crippen molar-refractivity contribution in [2.45, 2.75) is 0 Å². The number of rotatable bonds is 4. The van der Waals surface area contributed by atoms with Crippen molar-refractivity contribution in [2.75, 3.05) is 19.6 Å². The number of aliphatic imine (C=N–C) groups is 1. The molecule has 0 aliphatic heterocycles. The smallest absolute Gasteiger partial charge is 0.270 e. The van der Waals surface area contributed by atoms with E-state index >= 15 is 0 Å². The molecule has 0 aliphatic rings. The molecule has 0 aromatic heterocycles. The van der Waals surface area contributed by atoms with Crippen molar-refractivity contribution >= 4 is 12.0 Å². The Kier molecular flexibility index (Phi) is 5.47. The van der Waals surface area contributed by atoms with Gasteiger partial charge in [-0.3, -0.25) is 4.79 Å². The van der Waals surface area contributed by atoms with Crippen molar-refractivity contribution in [1.82, 2.24) is 5.32 Å². The largest absolute Gasteiger partial charge is 0.329 e. The number of carbonyl (C=O) groups excluding carboxylic acids is 2. The van der Waals surface area contributed by atoms with Crippen LogP contribution in [0.5, 0.6) is 0 Å². The Morgan fingerprint density at radius 2 is 2.40 bits per heavy atom. The fourth-order valence-corrected chi connectivity index (χ4v) is 0.388. The number of hydrogen-bond donors (Lipinski definition) is 2. The lowest BCUT2D eigenvalue weighted by molar-refractivity contribution is -0.116. The normalized spacial score (nSPS) is 8.50. The van der Waals surface area contributed by atoms with Crippen LogP contribution in [0.25, 0.3) is 0 Å². The van der Waals surface area contributed by atoms with Crippen LogP contribution in [0, 0.1) is 0 Å². The third-order valence-corrected chi connectivity index (χ3v) is 0.768. The second kappa shape index (κ2) is 6.10. The lowest BCUT2D eigenvalue weighted by atomic mass is 10.5. The van der Waals surface area contributed by atoms with Gasteiger partial charge in [0.05, 0.1) is 6.54 Å². The number of nitrogens with zero attached hydrogens (tertiary/aromatic N) is 1. The summed E-state index contributed by atoms with van der Waals surface area (Å²) in [5.41, 5.74) is 5.11. The molecule has 0 radical (unpaired) electrons. The van der Waals surface area contributed by atoms with Gasteiger partial charge in [0.1, 0.15) is 0 Å². The van der Waals surface area contributed by atoms with Crippen molar-refractivity contribution in [3.63, 3.8) is 0 Å². The third-order valence-electron chi connectivity index (χ3n) is 0.768. The van der Waals surface area contributed by atoms with E-state index in [1.54, 1.807) is 0 Å². The lowest BCUT2D eigenvalue weighted by Crippen LogP contribution is -2.27. The Balaban J connectivity index is 3.31. The molecule has 3 N–H and O–H groups in total. The summed E-state index contributed by atoms with van der Waals surface area (Å²) in [4.78, 5) is 22.7. The highest BCUT2D eigenvalue weighted by atomic mass is 16.2. The molecule has 0 aromatic rings. The molecular formula is C5H9N3O2. The van der Waals surface area contributed by atoms with E-state index in [0.717, 1.165) is 6.08 Å².